The van der Waals surface area contributed by atoms with Crippen LogP contribution in [0.25, 0.3) is 0 Å². The Morgan fingerprint density at radius 1 is 0.368 bits per heavy atom. The van der Waals surface area contributed by atoms with E-state index in [-0.39, 0.29) is 18.5 Å². The monoisotopic (exact) mass is 1070 g/mol. The molecule has 0 heterocycles. The van der Waals surface area contributed by atoms with Crippen molar-refractivity contribution in [3.05, 3.63) is 24.3 Å². The number of ether oxygens (including phenoxy) is 1. The lowest BCUT2D eigenvalue weighted by atomic mass is 10.0. The molecule has 0 rings (SSSR count). The van der Waals surface area contributed by atoms with Crippen molar-refractivity contribution in [3.8, 4) is 0 Å². The molecule has 3 N–H and O–H groups in total. The van der Waals surface area contributed by atoms with Gasteiger partial charge in [-0.1, -0.05) is 340 Å². The Balaban J connectivity index is 3.42. The molecule has 0 bridgehead atoms. The van der Waals surface area contributed by atoms with Crippen molar-refractivity contribution in [3.63, 3.8) is 0 Å². The summed E-state index contributed by atoms with van der Waals surface area (Å²) in [7, 11) is 0. The zero-order valence-electron chi connectivity index (χ0n) is 51.5. The first-order chi connectivity index (χ1) is 37.5. The number of hydrogen-bond donors (Lipinski definition) is 3. The van der Waals surface area contributed by atoms with E-state index in [1.807, 2.05) is 0 Å². The summed E-state index contributed by atoms with van der Waals surface area (Å²) in [6, 6.07) is -0.544. The fourth-order valence-corrected chi connectivity index (χ4v) is 11.0. The van der Waals surface area contributed by atoms with Gasteiger partial charge in [0.25, 0.3) is 0 Å². The van der Waals surface area contributed by atoms with Crippen molar-refractivity contribution in [2.45, 2.75) is 398 Å². The number of aliphatic hydroxyl groups excluding tert-OH is 2. The Hall–Kier alpha value is -1.66. The lowest BCUT2D eigenvalue weighted by molar-refractivity contribution is -0.143. The summed E-state index contributed by atoms with van der Waals surface area (Å²) in [5.74, 6) is -0.0221. The second-order valence-electron chi connectivity index (χ2n) is 23.9. The molecule has 0 aliphatic rings. The molecule has 0 spiro atoms. The Morgan fingerprint density at radius 2 is 0.658 bits per heavy atom. The molecule has 0 aromatic heterocycles. The van der Waals surface area contributed by atoms with Gasteiger partial charge in [-0.05, 0) is 57.8 Å². The molecule has 0 fully saturated rings. The summed E-state index contributed by atoms with van der Waals surface area (Å²) in [5, 5.41) is 23.4. The standard InChI is InChI=1S/C70H135NO5/c1-3-5-7-9-11-13-15-17-18-19-20-30-33-36-39-42-46-50-54-58-62-68(73)67(66-72)71-69(74)63-59-55-51-47-43-40-37-34-31-28-26-24-22-21-23-25-27-29-32-35-38-41-45-49-53-57-61-65-76-70(75)64-60-56-52-48-44-16-14-12-10-8-6-4-2/h21-22,25,27,67-68,72-73H,3-20,23-24,26,28-66H2,1-2H3,(H,71,74)/b22-21-,27-25-. The third kappa shape index (κ3) is 61.6. The Morgan fingerprint density at radius 3 is 1.00 bits per heavy atom. The Kier molecular flexibility index (Phi) is 64.4. The minimum Gasteiger partial charge on any atom is -0.466 e. The molecular formula is C70H135NO5. The summed E-state index contributed by atoms with van der Waals surface area (Å²) in [6.45, 7) is 4.98. The van der Waals surface area contributed by atoms with Gasteiger partial charge in [0, 0.05) is 12.8 Å². The predicted octanol–water partition coefficient (Wildman–Crippen LogP) is 22.1. The average Bonchev–Trinajstić information content (AvgIpc) is 3.42. The molecule has 0 aliphatic carbocycles. The van der Waals surface area contributed by atoms with Gasteiger partial charge < -0.3 is 20.3 Å². The number of esters is 1. The molecule has 0 aromatic rings. The van der Waals surface area contributed by atoms with E-state index in [2.05, 4.69) is 43.5 Å². The highest BCUT2D eigenvalue weighted by atomic mass is 16.5. The highest BCUT2D eigenvalue weighted by molar-refractivity contribution is 5.76. The molecule has 0 saturated carbocycles. The first-order valence-electron chi connectivity index (χ1n) is 34.6. The summed E-state index contributed by atoms with van der Waals surface area (Å²) < 4.78 is 5.47. The quantitative estimate of drug-likeness (QED) is 0.0320. The van der Waals surface area contributed by atoms with Gasteiger partial charge in [-0.15, -0.1) is 0 Å². The highest BCUT2D eigenvalue weighted by Gasteiger charge is 2.20. The third-order valence-electron chi connectivity index (χ3n) is 16.3. The molecule has 450 valence electrons. The fraction of sp³-hybridized carbons (Fsp3) is 0.914. The molecule has 0 aromatic carbocycles. The summed E-state index contributed by atoms with van der Waals surface area (Å²) in [5.41, 5.74) is 0. The van der Waals surface area contributed by atoms with Gasteiger partial charge in [-0.25, -0.2) is 0 Å². The van der Waals surface area contributed by atoms with Crippen molar-refractivity contribution in [2.75, 3.05) is 13.2 Å². The number of rotatable bonds is 65. The zero-order chi connectivity index (χ0) is 55.0. The molecule has 76 heavy (non-hydrogen) atoms. The van der Waals surface area contributed by atoms with Crippen LogP contribution in [-0.2, 0) is 14.3 Å². The lowest BCUT2D eigenvalue weighted by Gasteiger charge is -2.22. The second-order valence-corrected chi connectivity index (χ2v) is 23.9. The minimum absolute atomic E-state index is 0.0120. The number of unbranched alkanes of at least 4 members (excludes halogenated alkanes) is 50. The number of hydrogen-bond acceptors (Lipinski definition) is 5. The number of carbonyl (C=O) groups is 2. The van der Waals surface area contributed by atoms with Gasteiger partial charge in [-0.2, -0.15) is 0 Å². The van der Waals surface area contributed by atoms with Crippen LogP contribution >= 0.6 is 0 Å². The van der Waals surface area contributed by atoms with Crippen molar-refractivity contribution >= 4 is 11.9 Å². The van der Waals surface area contributed by atoms with Crippen LogP contribution < -0.4 is 5.32 Å². The SMILES string of the molecule is CCCCCCCCCCCCCCCCCCCCCCC(O)C(CO)NC(=O)CCCCCCCCCCCCC/C=C\C/C=C\CCCCCCCCCCCOC(=O)CCCCCCCCCCCCCC. The molecule has 0 saturated heterocycles. The highest BCUT2D eigenvalue weighted by Crippen LogP contribution is 2.19. The van der Waals surface area contributed by atoms with Crippen LogP contribution in [0.3, 0.4) is 0 Å². The van der Waals surface area contributed by atoms with E-state index in [9.17, 15) is 19.8 Å². The Bertz CT molecular complexity index is 1190. The van der Waals surface area contributed by atoms with E-state index >= 15 is 0 Å². The van der Waals surface area contributed by atoms with Crippen LogP contribution in [0, 0.1) is 0 Å². The van der Waals surface area contributed by atoms with E-state index < -0.39 is 12.1 Å². The molecular weight excluding hydrogens is 935 g/mol. The van der Waals surface area contributed by atoms with E-state index in [1.165, 1.54) is 308 Å². The molecule has 6 nitrogen and oxygen atoms in total. The second kappa shape index (κ2) is 65.9. The first kappa shape index (κ1) is 74.3. The molecule has 6 heteroatoms. The third-order valence-corrected chi connectivity index (χ3v) is 16.3. The van der Waals surface area contributed by atoms with Gasteiger partial charge >= 0.3 is 5.97 Å². The van der Waals surface area contributed by atoms with Crippen molar-refractivity contribution in [2.24, 2.45) is 0 Å². The predicted molar refractivity (Wildman–Crippen MR) is 333 cm³/mol. The number of nitrogens with one attached hydrogen (secondary N) is 1. The van der Waals surface area contributed by atoms with Crippen LogP contribution in [0.15, 0.2) is 24.3 Å². The largest absolute Gasteiger partial charge is 0.466 e. The van der Waals surface area contributed by atoms with E-state index in [0.717, 1.165) is 44.9 Å². The summed E-state index contributed by atoms with van der Waals surface area (Å²) >= 11 is 0. The van der Waals surface area contributed by atoms with Gasteiger partial charge in [-0.3, -0.25) is 9.59 Å². The maximum absolute atomic E-state index is 12.5. The van der Waals surface area contributed by atoms with E-state index in [1.54, 1.807) is 0 Å². The smallest absolute Gasteiger partial charge is 0.305 e. The molecule has 2 atom stereocenters. The number of carbonyl (C=O) groups excluding carboxylic acids is 2. The van der Waals surface area contributed by atoms with Crippen LogP contribution in [0.5, 0.6) is 0 Å². The molecule has 0 aliphatic heterocycles. The van der Waals surface area contributed by atoms with Crippen LogP contribution in [0.2, 0.25) is 0 Å². The summed E-state index contributed by atoms with van der Waals surface area (Å²) in [4.78, 5) is 24.6. The van der Waals surface area contributed by atoms with E-state index in [0.29, 0.717) is 25.9 Å². The normalized spacial score (nSPS) is 12.6. The maximum atomic E-state index is 12.5. The summed E-state index contributed by atoms with van der Waals surface area (Å²) in [6.07, 6.45) is 82.2. The molecule has 2 unspecified atom stereocenters. The first-order valence-corrected chi connectivity index (χ1v) is 34.6. The number of allylic oxidation sites excluding steroid dienone is 4. The van der Waals surface area contributed by atoms with Crippen LogP contribution in [0.1, 0.15) is 386 Å². The number of amides is 1. The van der Waals surface area contributed by atoms with Crippen molar-refractivity contribution in [1.29, 1.82) is 0 Å². The van der Waals surface area contributed by atoms with E-state index in [4.69, 9.17) is 4.74 Å². The van der Waals surface area contributed by atoms with Gasteiger partial charge in [0.05, 0.1) is 25.4 Å². The van der Waals surface area contributed by atoms with Crippen LogP contribution in [0.4, 0.5) is 0 Å². The maximum Gasteiger partial charge on any atom is 0.305 e. The van der Waals surface area contributed by atoms with Gasteiger partial charge in [0.15, 0.2) is 0 Å². The molecule has 1 amide bonds. The Labute approximate surface area is 475 Å². The average molecular weight is 1070 g/mol. The fourth-order valence-electron chi connectivity index (χ4n) is 11.0. The number of aliphatic hydroxyl groups is 2. The van der Waals surface area contributed by atoms with Gasteiger partial charge in [0.2, 0.25) is 5.91 Å². The van der Waals surface area contributed by atoms with Crippen molar-refractivity contribution < 1.29 is 24.5 Å². The molecule has 0 radical (unpaired) electrons. The van der Waals surface area contributed by atoms with Gasteiger partial charge in [0.1, 0.15) is 0 Å². The van der Waals surface area contributed by atoms with Crippen molar-refractivity contribution in [1.82, 2.24) is 5.32 Å². The van der Waals surface area contributed by atoms with Crippen LogP contribution in [-0.4, -0.2) is 47.4 Å². The lowest BCUT2D eigenvalue weighted by Crippen LogP contribution is -2.45. The zero-order valence-corrected chi connectivity index (χ0v) is 51.5. The topological polar surface area (TPSA) is 95.9 Å². The minimum atomic E-state index is -0.667.